The van der Waals surface area contributed by atoms with Gasteiger partial charge in [-0.25, -0.2) is 13.6 Å². The van der Waals surface area contributed by atoms with Gasteiger partial charge in [0.1, 0.15) is 0 Å². The molecule has 1 aliphatic rings. The summed E-state index contributed by atoms with van der Waals surface area (Å²) < 4.78 is 22.2. The maximum atomic E-state index is 11.8. The molecule has 3 N–H and O–H groups in total. The molecule has 1 unspecified atom stereocenters. The van der Waals surface area contributed by atoms with Crippen molar-refractivity contribution in [2.75, 3.05) is 0 Å². The van der Waals surface area contributed by atoms with Crippen LogP contribution in [0.5, 0.6) is 0 Å². The van der Waals surface area contributed by atoms with E-state index in [0.717, 1.165) is 5.56 Å². The van der Waals surface area contributed by atoms with Crippen molar-refractivity contribution in [1.82, 2.24) is 5.32 Å². The number of benzene rings is 1. The van der Waals surface area contributed by atoms with Gasteiger partial charge in [-0.1, -0.05) is 12.1 Å². The Hall–Kier alpha value is -1.40. The SMILES string of the molecule is CC(NC(=O)CCc1ccc(S(N)(=O)=O)cc1)C1CC1. The van der Waals surface area contributed by atoms with Crippen LogP contribution in [0.4, 0.5) is 0 Å². The van der Waals surface area contributed by atoms with Crippen LogP contribution in [-0.4, -0.2) is 20.4 Å². The highest BCUT2D eigenvalue weighted by molar-refractivity contribution is 7.89. The lowest BCUT2D eigenvalue weighted by atomic mass is 10.1. The molecule has 5 nitrogen and oxygen atoms in total. The van der Waals surface area contributed by atoms with Gasteiger partial charge >= 0.3 is 0 Å². The molecule has 1 aromatic carbocycles. The highest BCUT2D eigenvalue weighted by Crippen LogP contribution is 2.32. The Morgan fingerprint density at radius 3 is 2.45 bits per heavy atom. The van der Waals surface area contributed by atoms with Crippen LogP contribution in [0.25, 0.3) is 0 Å². The number of nitrogens with one attached hydrogen (secondary N) is 1. The van der Waals surface area contributed by atoms with E-state index in [1.54, 1.807) is 12.1 Å². The minimum absolute atomic E-state index is 0.0416. The van der Waals surface area contributed by atoms with Crippen LogP contribution in [-0.2, 0) is 21.2 Å². The van der Waals surface area contributed by atoms with Gasteiger partial charge in [-0.3, -0.25) is 4.79 Å². The number of hydrogen-bond donors (Lipinski definition) is 2. The molecule has 0 aliphatic heterocycles. The third-order valence-electron chi connectivity index (χ3n) is 3.61. The predicted molar refractivity (Wildman–Crippen MR) is 76.5 cm³/mol. The zero-order chi connectivity index (χ0) is 14.8. The maximum absolute atomic E-state index is 11.8. The lowest BCUT2D eigenvalue weighted by Gasteiger charge is -2.12. The zero-order valence-electron chi connectivity index (χ0n) is 11.5. The number of hydrogen-bond acceptors (Lipinski definition) is 3. The van der Waals surface area contributed by atoms with Crippen LogP contribution >= 0.6 is 0 Å². The molecular weight excluding hydrogens is 276 g/mol. The summed E-state index contributed by atoms with van der Waals surface area (Å²) >= 11 is 0. The number of aryl methyl sites for hydroxylation is 1. The Labute approximate surface area is 119 Å². The fourth-order valence-corrected chi connectivity index (χ4v) is 2.66. The third-order valence-corrected chi connectivity index (χ3v) is 4.54. The molecule has 6 heteroatoms. The summed E-state index contributed by atoms with van der Waals surface area (Å²) in [6, 6.07) is 6.58. The van der Waals surface area contributed by atoms with E-state index in [0.29, 0.717) is 18.8 Å². The number of carbonyl (C=O) groups excluding carboxylic acids is 1. The van der Waals surface area contributed by atoms with E-state index in [4.69, 9.17) is 5.14 Å². The molecule has 1 aromatic rings. The smallest absolute Gasteiger partial charge is 0.238 e. The fraction of sp³-hybridized carbons (Fsp3) is 0.500. The Bertz CT molecular complexity index is 577. The van der Waals surface area contributed by atoms with E-state index in [1.165, 1.54) is 25.0 Å². The first kappa shape index (κ1) is 15.0. The molecular formula is C14H20N2O3S. The van der Waals surface area contributed by atoms with Crippen LogP contribution in [0.2, 0.25) is 0 Å². The van der Waals surface area contributed by atoms with Crippen LogP contribution in [0, 0.1) is 5.92 Å². The van der Waals surface area contributed by atoms with Gasteiger partial charge in [0.05, 0.1) is 4.90 Å². The number of nitrogens with two attached hydrogens (primary N) is 1. The van der Waals surface area contributed by atoms with E-state index in [-0.39, 0.29) is 16.8 Å². The van der Waals surface area contributed by atoms with E-state index < -0.39 is 10.0 Å². The van der Waals surface area contributed by atoms with Crippen molar-refractivity contribution in [1.29, 1.82) is 0 Å². The number of primary sulfonamides is 1. The van der Waals surface area contributed by atoms with Gasteiger partial charge in [0, 0.05) is 12.5 Å². The molecule has 0 saturated heterocycles. The Kier molecular flexibility index (Phi) is 4.45. The normalized spacial score (nSPS) is 16.7. The second kappa shape index (κ2) is 5.93. The van der Waals surface area contributed by atoms with Crippen LogP contribution < -0.4 is 10.5 Å². The monoisotopic (exact) mass is 296 g/mol. The summed E-state index contributed by atoms with van der Waals surface area (Å²) in [6.45, 7) is 2.04. The van der Waals surface area contributed by atoms with Gasteiger partial charge in [-0.2, -0.15) is 0 Å². The van der Waals surface area contributed by atoms with E-state index in [2.05, 4.69) is 5.32 Å². The predicted octanol–water partition coefficient (Wildman–Crippen LogP) is 1.18. The zero-order valence-corrected chi connectivity index (χ0v) is 12.3. The highest BCUT2D eigenvalue weighted by Gasteiger charge is 2.28. The van der Waals surface area contributed by atoms with Crippen molar-refractivity contribution < 1.29 is 13.2 Å². The van der Waals surface area contributed by atoms with Gasteiger partial charge in [-0.15, -0.1) is 0 Å². The Morgan fingerprint density at radius 2 is 1.95 bits per heavy atom. The van der Waals surface area contributed by atoms with Crippen LogP contribution in [0.15, 0.2) is 29.2 Å². The van der Waals surface area contributed by atoms with Gasteiger partial charge in [0.15, 0.2) is 0 Å². The minimum atomic E-state index is -3.65. The molecule has 110 valence electrons. The fourth-order valence-electron chi connectivity index (χ4n) is 2.14. The number of rotatable bonds is 6. The molecule has 0 spiro atoms. The molecule has 0 radical (unpaired) electrons. The van der Waals surface area contributed by atoms with Gasteiger partial charge in [0.25, 0.3) is 0 Å². The second-order valence-corrected chi connectivity index (χ2v) is 6.94. The Morgan fingerprint density at radius 1 is 1.35 bits per heavy atom. The number of sulfonamides is 1. The first-order valence-corrected chi connectivity index (χ1v) is 8.32. The van der Waals surface area contributed by atoms with Gasteiger partial charge in [-0.05, 0) is 49.8 Å². The van der Waals surface area contributed by atoms with Crippen LogP contribution in [0.3, 0.4) is 0 Å². The number of carbonyl (C=O) groups is 1. The molecule has 0 bridgehead atoms. The summed E-state index contributed by atoms with van der Waals surface area (Å²) in [4.78, 5) is 11.8. The van der Waals surface area contributed by atoms with Gasteiger partial charge < -0.3 is 5.32 Å². The van der Waals surface area contributed by atoms with Crippen molar-refractivity contribution >= 4 is 15.9 Å². The van der Waals surface area contributed by atoms with E-state index in [9.17, 15) is 13.2 Å². The van der Waals surface area contributed by atoms with Crippen molar-refractivity contribution in [3.8, 4) is 0 Å². The molecule has 1 saturated carbocycles. The average molecular weight is 296 g/mol. The molecule has 1 aliphatic carbocycles. The van der Waals surface area contributed by atoms with Crippen molar-refractivity contribution in [3.05, 3.63) is 29.8 Å². The molecule has 0 aromatic heterocycles. The first-order chi connectivity index (χ1) is 9.36. The first-order valence-electron chi connectivity index (χ1n) is 6.77. The number of amides is 1. The molecule has 1 atom stereocenters. The van der Waals surface area contributed by atoms with Crippen molar-refractivity contribution in [2.24, 2.45) is 11.1 Å². The summed E-state index contributed by atoms with van der Waals surface area (Å²) in [5, 5.41) is 8.02. The summed E-state index contributed by atoms with van der Waals surface area (Å²) in [6.07, 6.45) is 3.41. The topological polar surface area (TPSA) is 89.3 Å². The lowest BCUT2D eigenvalue weighted by molar-refractivity contribution is -0.121. The lowest BCUT2D eigenvalue weighted by Crippen LogP contribution is -2.34. The second-order valence-electron chi connectivity index (χ2n) is 5.38. The van der Waals surface area contributed by atoms with Crippen molar-refractivity contribution in [3.63, 3.8) is 0 Å². The van der Waals surface area contributed by atoms with Gasteiger partial charge in [0.2, 0.25) is 15.9 Å². The minimum Gasteiger partial charge on any atom is -0.353 e. The molecule has 2 rings (SSSR count). The molecule has 20 heavy (non-hydrogen) atoms. The van der Waals surface area contributed by atoms with E-state index in [1.807, 2.05) is 6.92 Å². The Balaban J connectivity index is 1.83. The average Bonchev–Trinajstić information content (AvgIpc) is 3.20. The molecule has 0 heterocycles. The molecule has 1 fully saturated rings. The quantitative estimate of drug-likeness (QED) is 0.826. The summed E-state index contributed by atoms with van der Waals surface area (Å²) in [7, 11) is -3.65. The molecule has 1 amide bonds. The van der Waals surface area contributed by atoms with E-state index >= 15 is 0 Å². The van der Waals surface area contributed by atoms with Crippen molar-refractivity contribution in [2.45, 2.75) is 43.5 Å². The summed E-state index contributed by atoms with van der Waals surface area (Å²) in [5.74, 6) is 0.688. The maximum Gasteiger partial charge on any atom is 0.238 e. The largest absolute Gasteiger partial charge is 0.353 e. The highest BCUT2D eigenvalue weighted by atomic mass is 32.2. The van der Waals surface area contributed by atoms with Crippen LogP contribution in [0.1, 0.15) is 31.7 Å². The standard InChI is InChI=1S/C14H20N2O3S/c1-10(12-5-6-12)16-14(17)9-4-11-2-7-13(8-3-11)20(15,18)19/h2-3,7-8,10,12H,4-6,9H2,1H3,(H,16,17)(H2,15,18,19). The summed E-state index contributed by atoms with van der Waals surface area (Å²) in [5.41, 5.74) is 0.923. The third kappa shape index (κ3) is 4.31.